The van der Waals surface area contributed by atoms with Crippen LogP contribution in [0.4, 0.5) is 0 Å². The smallest absolute Gasteiger partial charge is 0.0377 e. The number of nitrogens with one attached hydrogen (secondary N) is 1. The van der Waals surface area contributed by atoms with Gasteiger partial charge in [-0.05, 0) is 18.6 Å². The molecule has 0 heterocycles. The van der Waals surface area contributed by atoms with E-state index in [1.165, 1.54) is 12.2 Å². The second-order valence-electron chi connectivity index (χ2n) is 3.43. The fourth-order valence-electron chi connectivity index (χ4n) is 1.14. The van der Waals surface area contributed by atoms with E-state index < -0.39 is 0 Å². The van der Waals surface area contributed by atoms with Gasteiger partial charge < -0.3 is 5.32 Å². The van der Waals surface area contributed by atoms with Crippen molar-refractivity contribution < 1.29 is 0 Å². The van der Waals surface area contributed by atoms with Gasteiger partial charge in [0.15, 0.2) is 0 Å². The van der Waals surface area contributed by atoms with Crippen molar-refractivity contribution in [3.05, 3.63) is 0 Å². The van der Waals surface area contributed by atoms with Crippen molar-refractivity contribution in [2.45, 2.75) is 26.3 Å². The maximum Gasteiger partial charge on any atom is 0.0377 e. The van der Waals surface area contributed by atoms with E-state index >= 15 is 0 Å². The van der Waals surface area contributed by atoms with Crippen LogP contribution in [0.1, 0.15) is 20.3 Å². The van der Waals surface area contributed by atoms with Crippen molar-refractivity contribution in [1.82, 2.24) is 5.32 Å². The third kappa shape index (κ3) is 7.26. The molecule has 74 valence electrons. The normalized spacial score (nSPS) is 13.8. The van der Waals surface area contributed by atoms with Crippen molar-refractivity contribution in [1.29, 1.82) is 0 Å². The summed E-state index contributed by atoms with van der Waals surface area (Å²) in [4.78, 5) is 0. The topological polar surface area (TPSA) is 12.0 Å². The molecule has 3 heteroatoms. The molecule has 0 saturated carbocycles. The van der Waals surface area contributed by atoms with Crippen LogP contribution in [0.25, 0.3) is 0 Å². The Hall–Kier alpha value is 0.600. The summed E-state index contributed by atoms with van der Waals surface area (Å²) in [6, 6.07) is 0.499. The lowest BCUT2D eigenvalue weighted by molar-refractivity contribution is 0.456. The Kier molecular flexibility index (Phi) is 8.62. The van der Waals surface area contributed by atoms with E-state index in [0.717, 1.165) is 18.3 Å². The number of alkyl halides is 1. The average molecular weight is 210 g/mol. The Labute approximate surface area is 85.6 Å². The van der Waals surface area contributed by atoms with E-state index in [2.05, 4.69) is 25.4 Å². The lowest BCUT2D eigenvalue weighted by Crippen LogP contribution is -2.33. The van der Waals surface area contributed by atoms with Crippen LogP contribution in [-0.4, -0.2) is 30.5 Å². The summed E-state index contributed by atoms with van der Waals surface area (Å²) in [7, 11) is 0. The molecule has 0 radical (unpaired) electrons. The third-order valence-electron chi connectivity index (χ3n) is 1.68. The quantitative estimate of drug-likeness (QED) is 0.511. The van der Waals surface area contributed by atoms with Gasteiger partial charge in [0.2, 0.25) is 0 Å². The van der Waals surface area contributed by atoms with Crippen LogP contribution in [0.3, 0.4) is 0 Å². The zero-order chi connectivity index (χ0) is 9.40. The van der Waals surface area contributed by atoms with E-state index in [1.807, 2.05) is 11.8 Å². The summed E-state index contributed by atoms with van der Waals surface area (Å²) in [5.41, 5.74) is 0. The summed E-state index contributed by atoms with van der Waals surface area (Å²) in [6.07, 6.45) is 3.30. The fourth-order valence-corrected chi connectivity index (χ4v) is 1.69. The lowest BCUT2D eigenvalue weighted by Gasteiger charge is -2.17. The molecular formula is C9H20ClNS. The highest BCUT2D eigenvalue weighted by molar-refractivity contribution is 7.98. The number of hydrogen-bond donors (Lipinski definition) is 1. The Morgan fingerprint density at radius 2 is 2.08 bits per heavy atom. The number of hydrogen-bond acceptors (Lipinski definition) is 2. The van der Waals surface area contributed by atoms with Crippen molar-refractivity contribution in [3.8, 4) is 0 Å². The molecule has 0 aliphatic heterocycles. The molecule has 1 N–H and O–H groups in total. The zero-order valence-corrected chi connectivity index (χ0v) is 9.84. The Morgan fingerprint density at radius 3 is 2.50 bits per heavy atom. The van der Waals surface area contributed by atoms with E-state index in [4.69, 9.17) is 11.6 Å². The zero-order valence-electron chi connectivity index (χ0n) is 8.27. The van der Waals surface area contributed by atoms with Gasteiger partial charge in [-0.2, -0.15) is 11.8 Å². The summed E-state index contributed by atoms with van der Waals surface area (Å²) in [5.74, 6) is 2.63. The first-order valence-corrected chi connectivity index (χ1v) is 6.41. The number of rotatable bonds is 7. The van der Waals surface area contributed by atoms with Crippen molar-refractivity contribution in [3.63, 3.8) is 0 Å². The van der Waals surface area contributed by atoms with Crippen LogP contribution in [0.2, 0.25) is 0 Å². The first-order valence-electron chi connectivity index (χ1n) is 4.49. The first-order chi connectivity index (χ1) is 5.70. The van der Waals surface area contributed by atoms with E-state index in [-0.39, 0.29) is 0 Å². The third-order valence-corrected chi connectivity index (χ3v) is 2.67. The molecule has 0 aromatic heterocycles. The summed E-state index contributed by atoms with van der Waals surface area (Å²) < 4.78 is 0. The average Bonchev–Trinajstić information content (AvgIpc) is 2.02. The minimum Gasteiger partial charge on any atom is -0.312 e. The molecule has 0 spiro atoms. The van der Waals surface area contributed by atoms with Crippen molar-refractivity contribution >= 4 is 23.4 Å². The molecule has 1 unspecified atom stereocenters. The van der Waals surface area contributed by atoms with E-state index in [0.29, 0.717) is 6.04 Å². The van der Waals surface area contributed by atoms with E-state index in [1.54, 1.807) is 0 Å². The van der Waals surface area contributed by atoms with Crippen LogP contribution < -0.4 is 5.32 Å². The van der Waals surface area contributed by atoms with Gasteiger partial charge in [-0.1, -0.05) is 13.8 Å². The number of halogens is 1. The molecule has 0 aromatic rings. The van der Waals surface area contributed by atoms with Crippen LogP contribution in [0, 0.1) is 5.92 Å². The van der Waals surface area contributed by atoms with Gasteiger partial charge in [-0.15, -0.1) is 11.6 Å². The number of thioether (sulfide) groups is 1. The van der Waals surface area contributed by atoms with Gasteiger partial charge in [-0.25, -0.2) is 0 Å². The minimum absolute atomic E-state index is 0.499. The largest absolute Gasteiger partial charge is 0.312 e. The maximum atomic E-state index is 5.82. The molecule has 12 heavy (non-hydrogen) atoms. The molecule has 0 fully saturated rings. The van der Waals surface area contributed by atoms with Gasteiger partial charge >= 0.3 is 0 Å². The highest BCUT2D eigenvalue weighted by Gasteiger charge is 2.07. The van der Waals surface area contributed by atoms with Gasteiger partial charge in [0, 0.05) is 24.2 Å². The molecule has 0 bridgehead atoms. The summed E-state index contributed by atoms with van der Waals surface area (Å²) in [5, 5.41) is 3.45. The Balaban J connectivity index is 3.39. The van der Waals surface area contributed by atoms with Crippen molar-refractivity contribution in [2.24, 2.45) is 5.92 Å². The maximum absolute atomic E-state index is 5.82. The highest BCUT2D eigenvalue weighted by Crippen LogP contribution is 2.05. The minimum atomic E-state index is 0.499. The first kappa shape index (κ1) is 12.6. The summed E-state index contributed by atoms with van der Waals surface area (Å²) in [6.45, 7) is 5.54. The van der Waals surface area contributed by atoms with Gasteiger partial charge in [0.25, 0.3) is 0 Å². The molecule has 0 aliphatic carbocycles. The van der Waals surface area contributed by atoms with Crippen LogP contribution in [0.15, 0.2) is 0 Å². The second kappa shape index (κ2) is 8.21. The van der Waals surface area contributed by atoms with E-state index in [9.17, 15) is 0 Å². The van der Waals surface area contributed by atoms with Crippen LogP contribution >= 0.6 is 23.4 Å². The van der Waals surface area contributed by atoms with Crippen LogP contribution in [0.5, 0.6) is 0 Å². The standard InChI is InChI=1S/C9H20ClNS/c1-8(2)6-9(7-10)11-4-5-12-3/h8-9,11H,4-7H2,1-3H3. The molecule has 0 amide bonds. The van der Waals surface area contributed by atoms with Gasteiger partial charge in [0.1, 0.15) is 0 Å². The lowest BCUT2D eigenvalue weighted by atomic mass is 10.1. The molecule has 1 atom stereocenters. The van der Waals surface area contributed by atoms with Crippen LogP contribution in [-0.2, 0) is 0 Å². The summed E-state index contributed by atoms with van der Waals surface area (Å²) >= 11 is 7.69. The monoisotopic (exact) mass is 209 g/mol. The van der Waals surface area contributed by atoms with Gasteiger partial charge in [-0.3, -0.25) is 0 Å². The van der Waals surface area contributed by atoms with Gasteiger partial charge in [0.05, 0.1) is 0 Å². The molecular weight excluding hydrogens is 190 g/mol. The molecule has 1 nitrogen and oxygen atoms in total. The van der Waals surface area contributed by atoms with Crippen molar-refractivity contribution in [2.75, 3.05) is 24.4 Å². The molecule has 0 rings (SSSR count). The predicted molar refractivity (Wildman–Crippen MR) is 60.3 cm³/mol. The highest BCUT2D eigenvalue weighted by atomic mass is 35.5. The fraction of sp³-hybridized carbons (Fsp3) is 1.00. The molecule has 0 aliphatic rings. The Morgan fingerprint density at radius 1 is 1.42 bits per heavy atom. The molecule has 0 saturated heterocycles. The second-order valence-corrected chi connectivity index (χ2v) is 4.72. The molecule has 0 aromatic carbocycles. The Bertz CT molecular complexity index is 98.5. The SMILES string of the molecule is CSCCNC(CCl)CC(C)C. The predicted octanol–water partition coefficient (Wildman–Crippen LogP) is 2.59.